The van der Waals surface area contributed by atoms with Crippen LogP contribution in [0.15, 0.2) is 0 Å². The van der Waals surface area contributed by atoms with Crippen molar-refractivity contribution in [2.45, 2.75) is 50.8 Å². The summed E-state index contributed by atoms with van der Waals surface area (Å²) in [7, 11) is 1.54. The molecule has 1 rings (SSSR count). The van der Waals surface area contributed by atoms with Gasteiger partial charge < -0.3 is 15.8 Å². The van der Waals surface area contributed by atoms with Gasteiger partial charge in [-0.1, -0.05) is 0 Å². The zero-order valence-corrected chi connectivity index (χ0v) is 9.17. The van der Waals surface area contributed by atoms with Crippen LogP contribution in [0, 0.1) is 0 Å². The van der Waals surface area contributed by atoms with Gasteiger partial charge in [0.05, 0.1) is 0 Å². The smallest absolute Gasteiger partial charge is 0.251 e. The van der Waals surface area contributed by atoms with E-state index in [-0.39, 0.29) is 18.0 Å². The molecule has 1 fully saturated rings. The first kappa shape index (κ1) is 11.5. The van der Waals surface area contributed by atoms with Crippen molar-refractivity contribution in [3.63, 3.8) is 0 Å². The standard InChI is InChI=1S/C10H20N2O2/c1-10(2,14-3)9(13)12-8-6-4-5-7(8)11/h7-8H,4-6,11H2,1-3H3,(H,12,13). The lowest BCUT2D eigenvalue weighted by atomic mass is 10.1. The van der Waals surface area contributed by atoms with Gasteiger partial charge >= 0.3 is 0 Å². The second-order valence-corrected chi connectivity index (χ2v) is 4.39. The number of ether oxygens (including phenoxy) is 1. The second-order valence-electron chi connectivity index (χ2n) is 4.39. The summed E-state index contributed by atoms with van der Waals surface area (Å²) < 4.78 is 5.09. The third-order valence-corrected chi connectivity index (χ3v) is 2.94. The Hall–Kier alpha value is -0.610. The summed E-state index contributed by atoms with van der Waals surface area (Å²) in [6.07, 6.45) is 3.07. The van der Waals surface area contributed by atoms with Crippen LogP contribution in [0.4, 0.5) is 0 Å². The molecule has 2 atom stereocenters. The van der Waals surface area contributed by atoms with Crippen LogP contribution in [0.1, 0.15) is 33.1 Å². The molecule has 1 aliphatic rings. The molecule has 0 aliphatic heterocycles. The van der Waals surface area contributed by atoms with Crippen LogP contribution < -0.4 is 11.1 Å². The number of amides is 1. The van der Waals surface area contributed by atoms with E-state index in [1.54, 1.807) is 13.8 Å². The van der Waals surface area contributed by atoms with Crippen molar-refractivity contribution in [2.75, 3.05) is 7.11 Å². The number of nitrogens with one attached hydrogen (secondary N) is 1. The number of hydrogen-bond acceptors (Lipinski definition) is 3. The van der Waals surface area contributed by atoms with E-state index >= 15 is 0 Å². The first-order chi connectivity index (χ1) is 6.47. The van der Waals surface area contributed by atoms with Crippen molar-refractivity contribution >= 4 is 5.91 Å². The summed E-state index contributed by atoms with van der Waals surface area (Å²) >= 11 is 0. The Balaban J connectivity index is 2.48. The van der Waals surface area contributed by atoms with Crippen molar-refractivity contribution in [3.05, 3.63) is 0 Å². The summed E-state index contributed by atoms with van der Waals surface area (Å²) in [6, 6.07) is 0.225. The normalized spacial score (nSPS) is 27.7. The lowest BCUT2D eigenvalue weighted by Gasteiger charge is -2.25. The van der Waals surface area contributed by atoms with Crippen LogP contribution in [0.25, 0.3) is 0 Å². The molecule has 1 amide bonds. The summed E-state index contributed by atoms with van der Waals surface area (Å²) in [6.45, 7) is 3.51. The van der Waals surface area contributed by atoms with Crippen molar-refractivity contribution in [2.24, 2.45) is 5.73 Å². The van der Waals surface area contributed by atoms with Gasteiger partial charge in [0.1, 0.15) is 5.60 Å². The highest BCUT2D eigenvalue weighted by Crippen LogP contribution is 2.18. The number of carbonyl (C=O) groups excluding carboxylic acids is 1. The van der Waals surface area contributed by atoms with Crippen molar-refractivity contribution in [1.29, 1.82) is 0 Å². The number of carbonyl (C=O) groups is 1. The van der Waals surface area contributed by atoms with E-state index in [2.05, 4.69) is 5.32 Å². The minimum absolute atomic E-state index is 0.0812. The molecule has 0 saturated heterocycles. The molecule has 1 aliphatic carbocycles. The summed E-state index contributed by atoms with van der Waals surface area (Å²) in [4.78, 5) is 11.7. The van der Waals surface area contributed by atoms with Crippen LogP contribution in [-0.4, -0.2) is 30.7 Å². The molecule has 0 radical (unpaired) electrons. The van der Waals surface area contributed by atoms with E-state index in [9.17, 15) is 4.79 Å². The highest BCUT2D eigenvalue weighted by atomic mass is 16.5. The first-order valence-corrected chi connectivity index (χ1v) is 5.09. The van der Waals surface area contributed by atoms with E-state index in [1.807, 2.05) is 0 Å². The lowest BCUT2D eigenvalue weighted by Crippen LogP contribution is -2.51. The molecular weight excluding hydrogens is 180 g/mol. The molecule has 2 unspecified atom stereocenters. The van der Waals surface area contributed by atoms with Gasteiger partial charge in [-0.2, -0.15) is 0 Å². The van der Waals surface area contributed by atoms with Gasteiger partial charge in [-0.05, 0) is 33.1 Å². The molecule has 4 heteroatoms. The van der Waals surface area contributed by atoms with Gasteiger partial charge in [-0.15, -0.1) is 0 Å². The van der Waals surface area contributed by atoms with Gasteiger partial charge in [-0.25, -0.2) is 0 Å². The molecule has 0 aromatic carbocycles. The van der Waals surface area contributed by atoms with E-state index in [4.69, 9.17) is 10.5 Å². The fourth-order valence-electron chi connectivity index (χ4n) is 1.60. The largest absolute Gasteiger partial charge is 0.369 e. The summed E-state index contributed by atoms with van der Waals surface area (Å²) in [5, 5.41) is 2.93. The zero-order valence-electron chi connectivity index (χ0n) is 9.17. The van der Waals surface area contributed by atoms with Crippen molar-refractivity contribution in [1.82, 2.24) is 5.32 Å². The van der Waals surface area contributed by atoms with E-state index in [0.29, 0.717) is 0 Å². The van der Waals surface area contributed by atoms with E-state index in [1.165, 1.54) is 7.11 Å². The molecular formula is C10H20N2O2. The van der Waals surface area contributed by atoms with Crippen LogP contribution in [0.2, 0.25) is 0 Å². The van der Waals surface area contributed by atoms with Gasteiger partial charge in [0.2, 0.25) is 0 Å². The Kier molecular flexibility index (Phi) is 3.50. The minimum Gasteiger partial charge on any atom is -0.369 e. The fraction of sp³-hybridized carbons (Fsp3) is 0.900. The fourth-order valence-corrected chi connectivity index (χ4v) is 1.60. The third kappa shape index (κ3) is 2.45. The molecule has 0 spiro atoms. The Bertz CT molecular complexity index is 216. The predicted molar refractivity (Wildman–Crippen MR) is 54.8 cm³/mol. The number of nitrogens with two attached hydrogens (primary N) is 1. The molecule has 82 valence electrons. The average Bonchev–Trinajstić information content (AvgIpc) is 2.52. The van der Waals surface area contributed by atoms with Gasteiger partial charge in [0.15, 0.2) is 0 Å². The van der Waals surface area contributed by atoms with Crippen LogP contribution >= 0.6 is 0 Å². The zero-order chi connectivity index (χ0) is 10.8. The number of rotatable bonds is 3. The second kappa shape index (κ2) is 4.28. The lowest BCUT2D eigenvalue weighted by molar-refractivity contribution is -0.140. The van der Waals surface area contributed by atoms with Gasteiger partial charge in [0, 0.05) is 19.2 Å². The van der Waals surface area contributed by atoms with Crippen molar-refractivity contribution in [3.8, 4) is 0 Å². The predicted octanol–water partition coefficient (Wildman–Crippen LogP) is 0.407. The molecule has 3 N–H and O–H groups in total. The summed E-state index contributed by atoms with van der Waals surface area (Å²) in [5.74, 6) is -0.0812. The Morgan fingerprint density at radius 1 is 1.50 bits per heavy atom. The molecule has 0 heterocycles. The topological polar surface area (TPSA) is 64.3 Å². The highest BCUT2D eigenvalue weighted by molar-refractivity contribution is 5.84. The summed E-state index contributed by atoms with van der Waals surface area (Å²) in [5.41, 5.74) is 5.09. The molecule has 4 nitrogen and oxygen atoms in total. The maximum atomic E-state index is 11.7. The third-order valence-electron chi connectivity index (χ3n) is 2.94. The van der Waals surface area contributed by atoms with E-state index < -0.39 is 5.60 Å². The average molecular weight is 200 g/mol. The van der Waals surface area contributed by atoms with Crippen LogP contribution in [-0.2, 0) is 9.53 Å². The maximum absolute atomic E-state index is 11.7. The SMILES string of the molecule is COC(C)(C)C(=O)NC1CCCC1N. The van der Waals surface area contributed by atoms with E-state index in [0.717, 1.165) is 19.3 Å². The number of hydrogen-bond donors (Lipinski definition) is 2. The Labute approximate surface area is 85.2 Å². The molecule has 0 bridgehead atoms. The Morgan fingerprint density at radius 3 is 2.57 bits per heavy atom. The van der Waals surface area contributed by atoms with Crippen LogP contribution in [0.5, 0.6) is 0 Å². The van der Waals surface area contributed by atoms with Gasteiger partial charge in [0.25, 0.3) is 5.91 Å². The van der Waals surface area contributed by atoms with Gasteiger partial charge in [-0.3, -0.25) is 4.79 Å². The molecule has 0 aromatic heterocycles. The number of methoxy groups -OCH3 is 1. The maximum Gasteiger partial charge on any atom is 0.251 e. The van der Waals surface area contributed by atoms with Crippen LogP contribution in [0.3, 0.4) is 0 Å². The minimum atomic E-state index is -0.762. The Morgan fingerprint density at radius 2 is 2.14 bits per heavy atom. The quantitative estimate of drug-likeness (QED) is 0.693. The van der Waals surface area contributed by atoms with Crippen molar-refractivity contribution < 1.29 is 9.53 Å². The monoisotopic (exact) mass is 200 g/mol. The molecule has 0 aromatic rings. The first-order valence-electron chi connectivity index (χ1n) is 5.09. The molecule has 1 saturated carbocycles. The highest BCUT2D eigenvalue weighted by Gasteiger charge is 2.32. The molecule has 14 heavy (non-hydrogen) atoms.